The van der Waals surface area contributed by atoms with Crippen LogP contribution in [0, 0.1) is 0 Å². The third kappa shape index (κ3) is 2.12. The van der Waals surface area contributed by atoms with E-state index in [-0.39, 0.29) is 0 Å². The molecule has 14 heavy (non-hydrogen) atoms. The van der Waals surface area contributed by atoms with Gasteiger partial charge >= 0.3 is 5.97 Å². The van der Waals surface area contributed by atoms with Crippen LogP contribution in [0.3, 0.4) is 0 Å². The van der Waals surface area contributed by atoms with Crippen LogP contribution in [-0.2, 0) is 16.1 Å². The van der Waals surface area contributed by atoms with Crippen molar-refractivity contribution in [2.75, 3.05) is 12.8 Å². The number of ether oxygens (including phenoxy) is 1. The zero-order chi connectivity index (χ0) is 10.6. The van der Waals surface area contributed by atoms with E-state index in [9.17, 15) is 4.79 Å². The minimum Gasteiger partial charge on any atom is -0.466 e. The highest BCUT2D eigenvalue weighted by Crippen LogP contribution is 2.12. The molecule has 0 saturated heterocycles. The van der Waals surface area contributed by atoms with Gasteiger partial charge in [0, 0.05) is 12.6 Å². The van der Waals surface area contributed by atoms with Gasteiger partial charge in [0.25, 0.3) is 0 Å². The Kier molecular flexibility index (Phi) is 3.28. The smallest absolute Gasteiger partial charge is 0.330 e. The second kappa shape index (κ2) is 4.45. The van der Waals surface area contributed by atoms with Crippen molar-refractivity contribution in [2.24, 2.45) is 0 Å². The normalized spacial score (nSPS) is 10.7. The first-order valence-electron chi connectivity index (χ1n) is 4.26. The molecular formula is C9H13N3O2. The number of hydrogen-bond donors (Lipinski definition) is 1. The number of aromatic nitrogens is 2. The first-order chi connectivity index (χ1) is 6.69. The van der Waals surface area contributed by atoms with Gasteiger partial charge in [-0.05, 0) is 13.0 Å². The van der Waals surface area contributed by atoms with E-state index in [4.69, 9.17) is 5.73 Å². The van der Waals surface area contributed by atoms with Crippen LogP contribution in [0.1, 0.15) is 12.6 Å². The van der Waals surface area contributed by atoms with E-state index in [2.05, 4.69) is 9.84 Å². The van der Waals surface area contributed by atoms with Crippen molar-refractivity contribution >= 4 is 17.7 Å². The van der Waals surface area contributed by atoms with Crippen LogP contribution in [-0.4, -0.2) is 22.9 Å². The molecule has 0 aromatic carbocycles. The van der Waals surface area contributed by atoms with Gasteiger partial charge in [-0.1, -0.05) is 0 Å². The molecule has 0 aliphatic rings. The third-order valence-electron chi connectivity index (χ3n) is 1.79. The molecule has 0 atom stereocenters. The Balaban J connectivity index is 2.89. The second-order valence-corrected chi connectivity index (χ2v) is 2.66. The molecule has 1 rings (SSSR count). The summed E-state index contributed by atoms with van der Waals surface area (Å²) in [5.41, 5.74) is 6.93. The van der Waals surface area contributed by atoms with Gasteiger partial charge in [-0.25, -0.2) is 4.79 Å². The fourth-order valence-electron chi connectivity index (χ4n) is 1.06. The summed E-state index contributed by atoms with van der Waals surface area (Å²) in [7, 11) is 1.33. The maximum Gasteiger partial charge on any atom is 0.330 e. The van der Waals surface area contributed by atoms with E-state index in [1.807, 2.05) is 6.92 Å². The van der Waals surface area contributed by atoms with Crippen molar-refractivity contribution in [2.45, 2.75) is 13.5 Å². The maximum absolute atomic E-state index is 10.8. The van der Waals surface area contributed by atoms with Gasteiger partial charge in [0.05, 0.1) is 24.7 Å². The Morgan fingerprint density at radius 1 is 1.79 bits per heavy atom. The molecule has 0 fully saturated rings. The predicted molar refractivity (Wildman–Crippen MR) is 53.4 cm³/mol. The van der Waals surface area contributed by atoms with Crippen LogP contribution in [0.25, 0.3) is 6.08 Å². The zero-order valence-corrected chi connectivity index (χ0v) is 8.23. The molecule has 1 aromatic heterocycles. The molecular weight excluding hydrogens is 182 g/mol. The topological polar surface area (TPSA) is 70.1 Å². The zero-order valence-electron chi connectivity index (χ0n) is 8.23. The Bertz CT molecular complexity index is 355. The highest BCUT2D eigenvalue weighted by Gasteiger charge is 2.03. The SMILES string of the molecule is CCn1ncc(N)c1/C=C/C(=O)OC. The van der Waals surface area contributed by atoms with Gasteiger partial charge in [0.2, 0.25) is 0 Å². The summed E-state index contributed by atoms with van der Waals surface area (Å²) in [6.07, 6.45) is 4.47. The summed E-state index contributed by atoms with van der Waals surface area (Å²) in [4.78, 5) is 10.8. The molecule has 0 aliphatic heterocycles. The van der Waals surface area contributed by atoms with Crippen molar-refractivity contribution in [3.63, 3.8) is 0 Å². The number of esters is 1. The summed E-state index contributed by atoms with van der Waals surface area (Å²) in [6.45, 7) is 2.65. The molecule has 76 valence electrons. The minimum atomic E-state index is -0.409. The number of carbonyl (C=O) groups excluding carboxylic acids is 1. The molecule has 1 aromatic rings. The first-order valence-corrected chi connectivity index (χ1v) is 4.26. The van der Waals surface area contributed by atoms with Gasteiger partial charge < -0.3 is 10.5 Å². The number of nitrogens with two attached hydrogens (primary N) is 1. The molecule has 0 amide bonds. The van der Waals surface area contributed by atoms with Crippen molar-refractivity contribution in [3.8, 4) is 0 Å². The van der Waals surface area contributed by atoms with E-state index in [1.165, 1.54) is 13.2 Å². The van der Waals surface area contributed by atoms with Crippen LogP contribution in [0.15, 0.2) is 12.3 Å². The number of nitrogen functional groups attached to an aromatic ring is 1. The number of rotatable bonds is 3. The molecule has 2 N–H and O–H groups in total. The van der Waals surface area contributed by atoms with Crippen molar-refractivity contribution in [3.05, 3.63) is 18.0 Å². The lowest BCUT2D eigenvalue weighted by molar-refractivity contribution is -0.134. The Labute approximate surface area is 82.2 Å². The number of methoxy groups -OCH3 is 1. The van der Waals surface area contributed by atoms with Crippen LogP contribution in [0.2, 0.25) is 0 Å². The lowest BCUT2D eigenvalue weighted by Gasteiger charge is -1.99. The van der Waals surface area contributed by atoms with E-state index in [0.717, 1.165) is 5.69 Å². The fourth-order valence-corrected chi connectivity index (χ4v) is 1.06. The first kappa shape index (κ1) is 10.3. The molecule has 0 spiro atoms. The van der Waals surface area contributed by atoms with Crippen molar-refractivity contribution in [1.82, 2.24) is 9.78 Å². The standard InChI is InChI=1S/C9H13N3O2/c1-3-12-8(7(10)6-11-12)4-5-9(13)14-2/h4-6H,3,10H2,1-2H3/b5-4+. The summed E-state index contributed by atoms with van der Waals surface area (Å²) >= 11 is 0. The number of carbonyl (C=O) groups is 1. The van der Waals surface area contributed by atoms with Gasteiger partial charge in [-0.3, -0.25) is 4.68 Å². The largest absolute Gasteiger partial charge is 0.466 e. The highest BCUT2D eigenvalue weighted by atomic mass is 16.5. The van der Waals surface area contributed by atoms with Crippen LogP contribution < -0.4 is 5.73 Å². The number of nitrogens with zero attached hydrogens (tertiary/aromatic N) is 2. The Morgan fingerprint density at radius 2 is 2.50 bits per heavy atom. The molecule has 5 nitrogen and oxygen atoms in total. The molecule has 0 bridgehead atoms. The van der Waals surface area contributed by atoms with E-state index >= 15 is 0 Å². The van der Waals surface area contributed by atoms with Gasteiger partial charge in [-0.15, -0.1) is 0 Å². The molecule has 1 heterocycles. The van der Waals surface area contributed by atoms with Gasteiger partial charge in [-0.2, -0.15) is 5.10 Å². The second-order valence-electron chi connectivity index (χ2n) is 2.66. The number of anilines is 1. The average Bonchev–Trinajstić information content (AvgIpc) is 2.55. The number of hydrogen-bond acceptors (Lipinski definition) is 4. The number of aryl methyl sites for hydroxylation is 1. The summed E-state index contributed by atoms with van der Waals surface area (Å²) in [5, 5.41) is 4.03. The Hall–Kier alpha value is -1.78. The molecule has 0 unspecified atom stereocenters. The van der Waals surface area contributed by atoms with Crippen LogP contribution in [0.5, 0.6) is 0 Å². The maximum atomic E-state index is 10.8. The minimum absolute atomic E-state index is 0.409. The van der Waals surface area contributed by atoms with Gasteiger partial charge in [0.15, 0.2) is 0 Å². The van der Waals surface area contributed by atoms with Gasteiger partial charge in [0.1, 0.15) is 0 Å². The average molecular weight is 195 g/mol. The van der Waals surface area contributed by atoms with E-state index < -0.39 is 5.97 Å². The predicted octanol–water partition coefficient (Wildman–Crippen LogP) is 0.671. The van der Waals surface area contributed by atoms with Crippen molar-refractivity contribution < 1.29 is 9.53 Å². The van der Waals surface area contributed by atoms with Crippen LogP contribution >= 0.6 is 0 Å². The van der Waals surface area contributed by atoms with E-state index in [0.29, 0.717) is 12.2 Å². The fraction of sp³-hybridized carbons (Fsp3) is 0.333. The summed E-state index contributed by atoms with van der Waals surface area (Å²) in [6, 6.07) is 0. The summed E-state index contributed by atoms with van der Waals surface area (Å²) < 4.78 is 6.17. The lowest BCUT2D eigenvalue weighted by Crippen LogP contribution is -2.01. The van der Waals surface area contributed by atoms with Crippen LogP contribution in [0.4, 0.5) is 5.69 Å². The summed E-state index contributed by atoms with van der Waals surface area (Å²) in [5.74, 6) is -0.409. The Morgan fingerprint density at radius 3 is 3.07 bits per heavy atom. The molecule has 0 saturated carbocycles. The van der Waals surface area contributed by atoms with E-state index in [1.54, 1.807) is 17.0 Å². The third-order valence-corrected chi connectivity index (χ3v) is 1.79. The highest BCUT2D eigenvalue weighted by molar-refractivity contribution is 5.87. The lowest BCUT2D eigenvalue weighted by atomic mass is 10.3. The quantitative estimate of drug-likeness (QED) is 0.568. The van der Waals surface area contributed by atoms with Crippen molar-refractivity contribution in [1.29, 1.82) is 0 Å². The monoisotopic (exact) mass is 195 g/mol. The molecule has 5 heteroatoms. The molecule has 0 aliphatic carbocycles. The molecule has 0 radical (unpaired) electrons.